The molecule has 0 unspecified atom stereocenters. The number of anilines is 1. The van der Waals surface area contributed by atoms with Crippen LogP contribution in [0, 0.1) is 5.82 Å². The fourth-order valence-corrected chi connectivity index (χ4v) is 4.45. The molecule has 1 saturated heterocycles. The predicted molar refractivity (Wildman–Crippen MR) is 138 cm³/mol. The van der Waals surface area contributed by atoms with Crippen LogP contribution in [0.15, 0.2) is 54.3 Å². The SMILES string of the molecule is CC1(C)O/C(=C2/C(=O)Nc3ccc(F)cc32)C=C1c1ccc(C(=O)N2CCNCC2)cc1.CCCO. The van der Waals surface area contributed by atoms with Crippen LogP contribution in [-0.4, -0.2) is 60.2 Å². The molecule has 0 aliphatic carbocycles. The van der Waals surface area contributed by atoms with Crippen LogP contribution in [0.25, 0.3) is 11.1 Å². The number of amides is 2. The average Bonchev–Trinajstić information content (AvgIpc) is 3.38. The highest BCUT2D eigenvalue weighted by Crippen LogP contribution is 2.44. The second kappa shape index (κ2) is 10.6. The Balaban J connectivity index is 0.000000709. The Hall–Kier alpha value is -3.49. The Bertz CT molecular complexity index is 1210. The van der Waals surface area contributed by atoms with Crippen molar-refractivity contribution in [1.82, 2.24) is 10.2 Å². The molecule has 3 aliphatic heterocycles. The third-order valence-corrected chi connectivity index (χ3v) is 6.33. The summed E-state index contributed by atoms with van der Waals surface area (Å²) in [6.07, 6.45) is 2.71. The van der Waals surface area contributed by atoms with Crippen molar-refractivity contribution in [2.24, 2.45) is 0 Å². The van der Waals surface area contributed by atoms with Gasteiger partial charge >= 0.3 is 0 Å². The van der Waals surface area contributed by atoms with Crippen molar-refractivity contribution in [3.8, 4) is 0 Å². The smallest absolute Gasteiger partial charge is 0.260 e. The fraction of sp³-hybridized carbons (Fsp3) is 0.357. The summed E-state index contributed by atoms with van der Waals surface area (Å²) in [4.78, 5) is 27.2. The summed E-state index contributed by atoms with van der Waals surface area (Å²) in [5.41, 5.74) is 3.13. The highest BCUT2D eigenvalue weighted by Gasteiger charge is 2.38. The van der Waals surface area contributed by atoms with E-state index in [2.05, 4.69) is 10.6 Å². The molecule has 2 aromatic rings. The first-order chi connectivity index (χ1) is 17.2. The summed E-state index contributed by atoms with van der Waals surface area (Å²) in [7, 11) is 0. The van der Waals surface area contributed by atoms with Crippen LogP contribution in [0.5, 0.6) is 0 Å². The monoisotopic (exact) mass is 493 g/mol. The molecule has 36 heavy (non-hydrogen) atoms. The summed E-state index contributed by atoms with van der Waals surface area (Å²) in [5, 5.41) is 13.9. The normalized spacial score (nSPS) is 20.1. The van der Waals surface area contributed by atoms with Gasteiger partial charge in [-0.3, -0.25) is 9.59 Å². The van der Waals surface area contributed by atoms with Crippen molar-refractivity contribution < 1.29 is 23.8 Å². The van der Waals surface area contributed by atoms with Gasteiger partial charge in [-0.2, -0.15) is 0 Å². The minimum atomic E-state index is -0.692. The van der Waals surface area contributed by atoms with Gasteiger partial charge in [-0.1, -0.05) is 19.1 Å². The Morgan fingerprint density at radius 3 is 2.44 bits per heavy atom. The molecule has 2 amide bonds. The number of allylic oxidation sites excluding steroid dienone is 1. The summed E-state index contributed by atoms with van der Waals surface area (Å²) in [5.74, 6) is -0.290. The van der Waals surface area contributed by atoms with Crippen molar-refractivity contribution in [3.05, 3.63) is 76.8 Å². The van der Waals surface area contributed by atoms with E-state index in [0.717, 1.165) is 30.6 Å². The molecule has 190 valence electrons. The van der Waals surface area contributed by atoms with Crippen LogP contribution in [0.1, 0.15) is 48.7 Å². The lowest BCUT2D eigenvalue weighted by Crippen LogP contribution is -2.46. The molecule has 0 atom stereocenters. The number of piperazine rings is 1. The maximum atomic E-state index is 13.8. The lowest BCUT2D eigenvalue weighted by atomic mass is 9.91. The molecule has 5 rings (SSSR count). The molecule has 3 heterocycles. The van der Waals surface area contributed by atoms with E-state index in [1.807, 2.05) is 56.0 Å². The molecule has 0 saturated carbocycles. The zero-order chi connectivity index (χ0) is 25.9. The first kappa shape index (κ1) is 25.6. The quantitative estimate of drug-likeness (QED) is 0.566. The van der Waals surface area contributed by atoms with E-state index in [1.165, 1.54) is 12.1 Å². The fourth-order valence-electron chi connectivity index (χ4n) is 4.45. The Morgan fingerprint density at radius 1 is 1.14 bits per heavy atom. The van der Waals surface area contributed by atoms with Gasteiger partial charge in [0, 0.05) is 55.2 Å². The molecule has 0 spiro atoms. The topological polar surface area (TPSA) is 90.9 Å². The average molecular weight is 494 g/mol. The number of nitrogens with zero attached hydrogens (tertiary/aromatic N) is 1. The Morgan fingerprint density at radius 2 is 1.81 bits per heavy atom. The number of aliphatic hydroxyl groups is 1. The van der Waals surface area contributed by atoms with Crippen molar-refractivity contribution >= 4 is 28.6 Å². The molecule has 1 fully saturated rings. The number of aliphatic hydroxyl groups excluding tert-OH is 1. The number of fused-ring (bicyclic) bond motifs is 1. The van der Waals surface area contributed by atoms with E-state index in [-0.39, 0.29) is 11.8 Å². The van der Waals surface area contributed by atoms with Crippen molar-refractivity contribution in [3.63, 3.8) is 0 Å². The first-order valence-corrected chi connectivity index (χ1v) is 12.2. The highest BCUT2D eigenvalue weighted by atomic mass is 19.1. The maximum absolute atomic E-state index is 13.8. The summed E-state index contributed by atoms with van der Waals surface area (Å²) in [6, 6.07) is 11.7. The van der Waals surface area contributed by atoms with Crippen LogP contribution in [-0.2, 0) is 9.53 Å². The van der Waals surface area contributed by atoms with Crippen molar-refractivity contribution in [1.29, 1.82) is 0 Å². The van der Waals surface area contributed by atoms with Gasteiger partial charge in [-0.05, 0) is 62.2 Å². The first-order valence-electron chi connectivity index (χ1n) is 12.2. The van der Waals surface area contributed by atoms with Crippen molar-refractivity contribution in [2.45, 2.75) is 32.8 Å². The lowest BCUT2D eigenvalue weighted by Gasteiger charge is -2.27. The molecular formula is C28H32FN3O4. The van der Waals surface area contributed by atoms with Crippen LogP contribution in [0.4, 0.5) is 10.1 Å². The maximum Gasteiger partial charge on any atom is 0.260 e. The number of hydrogen-bond donors (Lipinski definition) is 3. The zero-order valence-electron chi connectivity index (χ0n) is 20.9. The molecule has 7 nitrogen and oxygen atoms in total. The van der Waals surface area contributed by atoms with Crippen LogP contribution < -0.4 is 10.6 Å². The third kappa shape index (κ3) is 5.20. The van der Waals surface area contributed by atoms with Crippen LogP contribution in [0.3, 0.4) is 0 Å². The number of hydrogen-bond acceptors (Lipinski definition) is 5. The number of carbonyl (C=O) groups is 2. The van der Waals surface area contributed by atoms with E-state index >= 15 is 0 Å². The predicted octanol–water partition coefficient (Wildman–Crippen LogP) is 3.82. The van der Waals surface area contributed by atoms with E-state index < -0.39 is 11.4 Å². The third-order valence-electron chi connectivity index (χ3n) is 6.33. The van der Waals surface area contributed by atoms with Gasteiger partial charge in [0.05, 0.1) is 5.57 Å². The number of halogens is 1. The van der Waals surface area contributed by atoms with E-state index in [4.69, 9.17) is 9.84 Å². The van der Waals surface area contributed by atoms with Crippen LogP contribution >= 0.6 is 0 Å². The zero-order valence-corrected chi connectivity index (χ0v) is 20.9. The Kier molecular flexibility index (Phi) is 7.56. The second-order valence-corrected chi connectivity index (χ2v) is 9.40. The molecule has 8 heteroatoms. The van der Waals surface area contributed by atoms with Crippen LogP contribution in [0.2, 0.25) is 0 Å². The summed E-state index contributed by atoms with van der Waals surface area (Å²) < 4.78 is 20.0. The summed E-state index contributed by atoms with van der Waals surface area (Å²) >= 11 is 0. The minimum Gasteiger partial charge on any atom is -0.482 e. The number of nitrogens with one attached hydrogen (secondary N) is 2. The molecule has 3 aliphatic rings. The summed E-state index contributed by atoms with van der Waals surface area (Å²) in [6.45, 7) is 9.11. The molecule has 3 N–H and O–H groups in total. The highest BCUT2D eigenvalue weighted by molar-refractivity contribution is 6.32. The second-order valence-electron chi connectivity index (χ2n) is 9.40. The number of benzene rings is 2. The Labute approximate surface area is 210 Å². The van der Waals surface area contributed by atoms with Gasteiger partial charge in [0.15, 0.2) is 0 Å². The number of carbonyl (C=O) groups excluding carboxylic acids is 2. The number of ether oxygens (including phenoxy) is 1. The van der Waals surface area contributed by atoms with Gasteiger partial charge < -0.3 is 25.4 Å². The number of rotatable bonds is 3. The van der Waals surface area contributed by atoms with Gasteiger partial charge in [-0.25, -0.2) is 4.39 Å². The van der Waals surface area contributed by atoms with E-state index in [9.17, 15) is 14.0 Å². The standard InChI is InChI=1S/C25H24FN3O3.C3H8O/c1-25(2)19(15-3-5-16(6-4-15)24(31)29-11-9-27-10-12-29)14-21(32-25)22-18-13-17(26)7-8-20(18)28-23(22)30;1-2-3-4/h3-8,13-14,27H,9-12H2,1-2H3,(H,28,30);4H,2-3H2,1H3/b22-21+;. The molecular weight excluding hydrogens is 461 g/mol. The largest absolute Gasteiger partial charge is 0.482 e. The minimum absolute atomic E-state index is 0.0260. The van der Waals surface area contributed by atoms with E-state index in [1.54, 1.807) is 6.07 Å². The molecule has 0 aromatic heterocycles. The van der Waals surface area contributed by atoms with Gasteiger partial charge in [0.1, 0.15) is 17.2 Å². The molecule has 0 bridgehead atoms. The molecule has 2 aromatic carbocycles. The van der Waals surface area contributed by atoms with Gasteiger partial charge in [0.2, 0.25) is 0 Å². The lowest BCUT2D eigenvalue weighted by molar-refractivity contribution is -0.111. The van der Waals surface area contributed by atoms with Gasteiger partial charge in [0.25, 0.3) is 11.8 Å². The van der Waals surface area contributed by atoms with Crippen molar-refractivity contribution in [2.75, 3.05) is 38.1 Å². The molecule has 0 radical (unpaired) electrons. The van der Waals surface area contributed by atoms with E-state index in [0.29, 0.717) is 47.8 Å². The van der Waals surface area contributed by atoms with Gasteiger partial charge in [-0.15, -0.1) is 0 Å².